The second-order valence-corrected chi connectivity index (χ2v) is 5.13. The molecule has 3 rings (SSSR count). The van der Waals surface area contributed by atoms with Crippen LogP contribution in [0.4, 0.5) is 10.1 Å². The fourth-order valence-corrected chi connectivity index (χ4v) is 2.30. The maximum absolute atomic E-state index is 13.0. The van der Waals surface area contributed by atoms with E-state index in [-0.39, 0.29) is 5.69 Å². The van der Waals surface area contributed by atoms with Crippen LogP contribution in [0.15, 0.2) is 34.8 Å². The molecule has 0 spiro atoms. The van der Waals surface area contributed by atoms with E-state index in [0.717, 1.165) is 0 Å². The summed E-state index contributed by atoms with van der Waals surface area (Å²) in [6, 6.07) is 7.40. The van der Waals surface area contributed by atoms with Gasteiger partial charge in [0.1, 0.15) is 18.9 Å². The van der Waals surface area contributed by atoms with Gasteiger partial charge in [-0.1, -0.05) is 6.07 Å². The molecule has 0 saturated carbocycles. The molecular weight excluding hydrogens is 343 g/mol. The molecule has 1 aromatic carbocycles. The largest absolute Gasteiger partial charge is 0.486 e. The van der Waals surface area contributed by atoms with Crippen LogP contribution < -0.4 is 14.8 Å². The van der Waals surface area contributed by atoms with E-state index in [9.17, 15) is 9.18 Å². The molecule has 5 nitrogen and oxygen atoms in total. The predicted octanol–water partition coefficient (Wildman–Crippen LogP) is 3.01. The van der Waals surface area contributed by atoms with Crippen LogP contribution in [0, 0.1) is 5.95 Å². The van der Waals surface area contributed by atoms with Gasteiger partial charge in [-0.15, -0.1) is 0 Å². The Labute approximate surface area is 128 Å². The van der Waals surface area contributed by atoms with Gasteiger partial charge in [-0.3, -0.25) is 4.79 Å². The number of aromatic nitrogens is 1. The Morgan fingerprint density at radius 2 is 1.95 bits per heavy atom. The van der Waals surface area contributed by atoms with Crippen molar-refractivity contribution in [1.82, 2.24) is 4.98 Å². The van der Waals surface area contributed by atoms with Crippen molar-refractivity contribution >= 4 is 27.5 Å². The summed E-state index contributed by atoms with van der Waals surface area (Å²) in [7, 11) is 0. The first-order valence-corrected chi connectivity index (χ1v) is 6.96. The van der Waals surface area contributed by atoms with Crippen molar-refractivity contribution in [2.75, 3.05) is 18.5 Å². The van der Waals surface area contributed by atoms with Gasteiger partial charge in [-0.05, 0) is 28.1 Å². The van der Waals surface area contributed by atoms with Crippen molar-refractivity contribution in [3.05, 3.63) is 46.4 Å². The van der Waals surface area contributed by atoms with E-state index in [1.807, 2.05) is 0 Å². The maximum Gasteiger partial charge on any atom is 0.274 e. The van der Waals surface area contributed by atoms with Gasteiger partial charge in [0.25, 0.3) is 5.91 Å². The molecule has 1 aliphatic rings. The van der Waals surface area contributed by atoms with E-state index in [1.165, 1.54) is 18.2 Å². The van der Waals surface area contributed by atoms with Crippen molar-refractivity contribution in [3.63, 3.8) is 0 Å². The molecule has 0 radical (unpaired) electrons. The highest BCUT2D eigenvalue weighted by atomic mass is 79.9. The van der Waals surface area contributed by atoms with Gasteiger partial charge in [0.15, 0.2) is 11.5 Å². The molecular formula is C14H10BrFN2O3. The average molecular weight is 353 g/mol. The molecule has 0 atom stereocenters. The number of anilines is 1. The third-order valence-electron chi connectivity index (χ3n) is 2.83. The number of ether oxygens (including phenoxy) is 2. The standard InChI is InChI=1S/C14H10BrFN2O3/c15-8-6-11-12(21-5-4-20-11)7-10(8)18-14(19)9-2-1-3-13(16)17-9/h1-3,6-7H,4-5H2,(H,18,19). The fourth-order valence-electron chi connectivity index (χ4n) is 1.88. The van der Waals surface area contributed by atoms with Crippen molar-refractivity contribution in [2.45, 2.75) is 0 Å². The molecule has 1 aliphatic heterocycles. The number of fused-ring (bicyclic) bond motifs is 1. The van der Waals surface area contributed by atoms with E-state index in [1.54, 1.807) is 12.1 Å². The van der Waals surface area contributed by atoms with Crippen LogP contribution in [0.25, 0.3) is 0 Å². The molecule has 7 heteroatoms. The molecule has 2 heterocycles. The first-order valence-electron chi connectivity index (χ1n) is 6.16. The molecule has 0 aliphatic carbocycles. The molecule has 0 saturated heterocycles. The molecule has 1 N–H and O–H groups in total. The Morgan fingerprint density at radius 1 is 1.24 bits per heavy atom. The summed E-state index contributed by atoms with van der Waals surface area (Å²) in [4.78, 5) is 15.6. The number of rotatable bonds is 2. The van der Waals surface area contributed by atoms with E-state index >= 15 is 0 Å². The molecule has 0 unspecified atom stereocenters. The minimum absolute atomic E-state index is 0.00297. The summed E-state index contributed by atoms with van der Waals surface area (Å²) >= 11 is 3.35. The number of nitrogens with one attached hydrogen (secondary N) is 1. The molecule has 0 bridgehead atoms. The maximum atomic E-state index is 13.0. The van der Waals surface area contributed by atoms with E-state index in [0.29, 0.717) is 34.9 Å². The van der Waals surface area contributed by atoms with E-state index < -0.39 is 11.9 Å². The van der Waals surface area contributed by atoms with Crippen molar-refractivity contribution in [3.8, 4) is 11.5 Å². The van der Waals surface area contributed by atoms with Gasteiger partial charge in [-0.2, -0.15) is 4.39 Å². The molecule has 108 valence electrons. The highest BCUT2D eigenvalue weighted by Gasteiger charge is 2.17. The Bertz CT molecular complexity index is 709. The van der Waals surface area contributed by atoms with E-state index in [2.05, 4.69) is 26.2 Å². The lowest BCUT2D eigenvalue weighted by Gasteiger charge is -2.20. The lowest BCUT2D eigenvalue weighted by molar-refractivity contribution is 0.102. The number of carbonyl (C=O) groups is 1. The number of hydrogen-bond donors (Lipinski definition) is 1. The average Bonchev–Trinajstić information content (AvgIpc) is 2.48. The van der Waals surface area contributed by atoms with Gasteiger partial charge < -0.3 is 14.8 Å². The zero-order valence-electron chi connectivity index (χ0n) is 10.7. The number of carbonyl (C=O) groups excluding carboxylic acids is 1. The number of hydrogen-bond acceptors (Lipinski definition) is 4. The minimum Gasteiger partial charge on any atom is -0.486 e. The summed E-state index contributed by atoms with van der Waals surface area (Å²) in [6.45, 7) is 0.936. The Hall–Kier alpha value is -2.15. The number of pyridine rings is 1. The highest BCUT2D eigenvalue weighted by Crippen LogP contribution is 2.38. The topological polar surface area (TPSA) is 60.5 Å². The highest BCUT2D eigenvalue weighted by molar-refractivity contribution is 9.10. The van der Waals surface area contributed by atoms with Gasteiger partial charge in [0, 0.05) is 16.6 Å². The summed E-state index contributed by atoms with van der Waals surface area (Å²) in [5.74, 6) is -0.0577. The van der Waals surface area contributed by atoms with Gasteiger partial charge in [-0.25, -0.2) is 4.98 Å². The molecule has 21 heavy (non-hydrogen) atoms. The van der Waals surface area contributed by atoms with Crippen LogP contribution in [0.3, 0.4) is 0 Å². The van der Waals surface area contributed by atoms with Crippen molar-refractivity contribution in [2.24, 2.45) is 0 Å². The summed E-state index contributed by atoms with van der Waals surface area (Å²) in [5.41, 5.74) is 0.493. The molecule has 1 amide bonds. The smallest absolute Gasteiger partial charge is 0.274 e. The van der Waals surface area contributed by atoms with Crippen LogP contribution in [0.5, 0.6) is 11.5 Å². The Morgan fingerprint density at radius 3 is 2.67 bits per heavy atom. The number of nitrogens with zero attached hydrogens (tertiary/aromatic N) is 1. The van der Waals surface area contributed by atoms with Crippen LogP contribution >= 0.6 is 15.9 Å². The van der Waals surface area contributed by atoms with Crippen LogP contribution in [-0.4, -0.2) is 24.1 Å². The second-order valence-electron chi connectivity index (χ2n) is 4.28. The van der Waals surface area contributed by atoms with Gasteiger partial charge in [0.05, 0.1) is 5.69 Å². The zero-order valence-corrected chi connectivity index (χ0v) is 12.3. The lowest BCUT2D eigenvalue weighted by atomic mass is 10.2. The van der Waals surface area contributed by atoms with Crippen molar-refractivity contribution in [1.29, 1.82) is 0 Å². The number of amides is 1. The quantitative estimate of drug-likeness (QED) is 0.844. The lowest BCUT2D eigenvalue weighted by Crippen LogP contribution is -2.17. The molecule has 2 aromatic rings. The fraction of sp³-hybridized carbons (Fsp3) is 0.143. The Kier molecular flexibility index (Phi) is 3.74. The summed E-state index contributed by atoms with van der Waals surface area (Å²) in [6.07, 6.45) is 0. The van der Waals surface area contributed by atoms with E-state index in [4.69, 9.17) is 9.47 Å². The summed E-state index contributed by atoms with van der Waals surface area (Å²) in [5, 5.41) is 2.65. The summed E-state index contributed by atoms with van der Waals surface area (Å²) < 4.78 is 24.6. The normalized spacial score (nSPS) is 12.9. The SMILES string of the molecule is O=C(Nc1cc2c(cc1Br)OCCO2)c1cccc(F)n1. The number of benzene rings is 1. The zero-order chi connectivity index (χ0) is 14.8. The monoisotopic (exact) mass is 352 g/mol. The first kappa shape index (κ1) is 13.8. The second kappa shape index (κ2) is 5.69. The van der Waals surface area contributed by atoms with Crippen LogP contribution in [-0.2, 0) is 0 Å². The van der Waals surface area contributed by atoms with Crippen LogP contribution in [0.2, 0.25) is 0 Å². The van der Waals surface area contributed by atoms with Gasteiger partial charge >= 0.3 is 0 Å². The third kappa shape index (κ3) is 2.97. The number of halogens is 2. The van der Waals surface area contributed by atoms with Gasteiger partial charge in [0.2, 0.25) is 5.95 Å². The van der Waals surface area contributed by atoms with Crippen molar-refractivity contribution < 1.29 is 18.7 Å². The third-order valence-corrected chi connectivity index (χ3v) is 3.48. The predicted molar refractivity (Wildman–Crippen MR) is 77.3 cm³/mol. The Balaban J connectivity index is 1.86. The molecule has 0 fully saturated rings. The minimum atomic E-state index is -0.705. The first-order chi connectivity index (χ1) is 10.1. The van der Waals surface area contributed by atoms with Crippen LogP contribution in [0.1, 0.15) is 10.5 Å². The molecule has 1 aromatic heterocycles.